The van der Waals surface area contributed by atoms with Crippen molar-refractivity contribution in [3.05, 3.63) is 211 Å². The maximum absolute atomic E-state index is 6.27. The second-order valence-electron chi connectivity index (χ2n) is 13.9. The van der Waals surface area contributed by atoms with Gasteiger partial charge < -0.3 is 14.2 Å². The topological polar surface area (TPSA) is 19.6 Å². The van der Waals surface area contributed by atoms with Gasteiger partial charge in [-0.3, -0.25) is 0 Å². The van der Waals surface area contributed by atoms with Gasteiger partial charge in [-0.25, -0.2) is 0 Å². The first kappa shape index (κ1) is 32.3. The van der Waals surface area contributed by atoms with E-state index in [-0.39, 0.29) is 0 Å². The fourth-order valence-electron chi connectivity index (χ4n) is 8.09. The van der Waals surface area contributed by atoms with Crippen molar-refractivity contribution in [3.8, 4) is 33.4 Å². The molecule has 0 aliphatic carbocycles. The van der Waals surface area contributed by atoms with Crippen LogP contribution in [0.2, 0.25) is 0 Å². The average Bonchev–Trinajstić information content (AvgIpc) is 3.56. The minimum atomic E-state index is 0.698. The van der Waals surface area contributed by atoms with Gasteiger partial charge in [-0.1, -0.05) is 147 Å². The van der Waals surface area contributed by atoms with Crippen LogP contribution in [0.3, 0.4) is 0 Å². The van der Waals surface area contributed by atoms with Crippen molar-refractivity contribution in [3.63, 3.8) is 0 Å². The van der Waals surface area contributed by atoms with Crippen LogP contribution in [0, 0.1) is 0 Å². The van der Waals surface area contributed by atoms with E-state index in [4.69, 9.17) is 4.42 Å². The van der Waals surface area contributed by atoms with E-state index >= 15 is 0 Å². The molecule has 0 atom stereocenters. The van der Waals surface area contributed by atoms with E-state index in [2.05, 4.69) is 181 Å². The highest BCUT2D eigenvalue weighted by molar-refractivity contribution is 6.17. The number of hydrogen-bond acceptors (Lipinski definition) is 3. The Bertz CT molecular complexity index is 3000. The second-order valence-corrected chi connectivity index (χ2v) is 13.9. The molecule has 1 aliphatic heterocycles. The first-order valence-electron chi connectivity index (χ1n) is 18.6. The molecule has 0 amide bonds. The molecule has 0 unspecified atom stereocenters. The average molecular weight is 705 g/mol. The summed E-state index contributed by atoms with van der Waals surface area (Å²) in [4.78, 5) is 4.57. The van der Waals surface area contributed by atoms with Gasteiger partial charge in [0, 0.05) is 50.4 Å². The van der Waals surface area contributed by atoms with Gasteiger partial charge in [0.05, 0.1) is 11.4 Å². The first-order valence-corrected chi connectivity index (χ1v) is 18.6. The summed E-state index contributed by atoms with van der Waals surface area (Å²) in [5, 5.41) is 4.32. The van der Waals surface area contributed by atoms with Crippen molar-refractivity contribution in [2.45, 2.75) is 0 Å². The van der Waals surface area contributed by atoms with Crippen LogP contribution in [-0.4, -0.2) is 0 Å². The highest BCUT2D eigenvalue weighted by Crippen LogP contribution is 2.52. The van der Waals surface area contributed by atoms with Crippen molar-refractivity contribution in [2.24, 2.45) is 0 Å². The SMILES string of the molecule is C=C(/C=c1/oc2ccccc2c1=C)N(c1ccc(-c2ccccc2)cc1)c1ccc(-c2ccc3c4c(cccc24)N(c2ccccc2)c2ccccc2-3)cc1. The molecular formula is C52H36N2O. The van der Waals surface area contributed by atoms with Gasteiger partial charge in [-0.15, -0.1) is 0 Å². The van der Waals surface area contributed by atoms with Gasteiger partial charge >= 0.3 is 0 Å². The molecule has 10 rings (SSSR count). The van der Waals surface area contributed by atoms with Crippen LogP contribution < -0.4 is 20.4 Å². The molecule has 0 saturated heterocycles. The second kappa shape index (κ2) is 13.2. The molecule has 1 aromatic heterocycles. The van der Waals surface area contributed by atoms with Crippen molar-refractivity contribution in [1.29, 1.82) is 0 Å². The molecule has 0 spiro atoms. The van der Waals surface area contributed by atoms with Crippen molar-refractivity contribution >= 4 is 62.8 Å². The van der Waals surface area contributed by atoms with Crippen LogP contribution in [0.1, 0.15) is 0 Å². The summed E-state index contributed by atoms with van der Waals surface area (Å²) in [5.41, 5.74) is 14.9. The number of fused-ring (bicyclic) bond motifs is 3. The van der Waals surface area contributed by atoms with Crippen molar-refractivity contribution in [1.82, 2.24) is 0 Å². The van der Waals surface area contributed by atoms with Gasteiger partial charge in [-0.05, 0) is 87.8 Å². The van der Waals surface area contributed by atoms with Gasteiger partial charge in [0.15, 0.2) is 0 Å². The predicted molar refractivity (Wildman–Crippen MR) is 232 cm³/mol. The number of benzene rings is 8. The zero-order valence-corrected chi connectivity index (χ0v) is 30.2. The van der Waals surface area contributed by atoms with E-state index in [9.17, 15) is 0 Å². The molecular weight excluding hydrogens is 669 g/mol. The number of anilines is 5. The molecule has 0 radical (unpaired) electrons. The lowest BCUT2D eigenvalue weighted by atomic mass is 9.87. The van der Waals surface area contributed by atoms with Crippen LogP contribution >= 0.6 is 0 Å². The molecule has 0 bridgehead atoms. The molecule has 3 heteroatoms. The molecule has 0 fully saturated rings. The number of hydrogen-bond donors (Lipinski definition) is 0. The zero-order valence-electron chi connectivity index (χ0n) is 30.2. The Morgan fingerprint density at radius 2 is 1.07 bits per heavy atom. The van der Waals surface area contributed by atoms with Gasteiger partial charge in [0.25, 0.3) is 0 Å². The minimum absolute atomic E-state index is 0.698. The van der Waals surface area contributed by atoms with E-state index in [0.29, 0.717) is 5.42 Å². The van der Waals surface area contributed by atoms with Crippen LogP contribution in [-0.2, 0) is 0 Å². The lowest BCUT2D eigenvalue weighted by molar-refractivity contribution is 0.575. The Labute approximate surface area is 320 Å². The number of para-hydroxylation sites is 3. The summed E-state index contributed by atoms with van der Waals surface area (Å²) < 4.78 is 6.27. The van der Waals surface area contributed by atoms with Crippen LogP contribution in [0.5, 0.6) is 0 Å². The molecule has 3 nitrogen and oxygen atoms in total. The third-order valence-electron chi connectivity index (χ3n) is 10.7. The van der Waals surface area contributed by atoms with Crippen LogP contribution in [0.25, 0.3) is 67.8 Å². The quantitative estimate of drug-likeness (QED) is 0.165. The summed E-state index contributed by atoms with van der Waals surface area (Å²) in [6, 6.07) is 66.5. The maximum atomic E-state index is 6.27. The lowest BCUT2D eigenvalue weighted by Crippen LogP contribution is -2.22. The Balaban J connectivity index is 1.08. The largest absolute Gasteiger partial charge is 0.456 e. The zero-order chi connectivity index (χ0) is 36.9. The summed E-state index contributed by atoms with van der Waals surface area (Å²) >= 11 is 0. The van der Waals surface area contributed by atoms with Gasteiger partial charge in [0.1, 0.15) is 11.0 Å². The van der Waals surface area contributed by atoms with E-state index in [1.54, 1.807) is 0 Å². The van der Waals surface area contributed by atoms with E-state index in [1.807, 2.05) is 36.4 Å². The molecule has 0 saturated carbocycles. The molecule has 9 aromatic rings. The van der Waals surface area contributed by atoms with Gasteiger partial charge in [0.2, 0.25) is 0 Å². The highest BCUT2D eigenvalue weighted by atomic mass is 16.3. The summed E-state index contributed by atoms with van der Waals surface area (Å²) in [7, 11) is 0. The van der Waals surface area contributed by atoms with E-state index < -0.39 is 0 Å². The number of furan rings is 1. The number of allylic oxidation sites excluding steroid dienone is 1. The smallest absolute Gasteiger partial charge is 0.136 e. The third-order valence-corrected chi connectivity index (χ3v) is 10.7. The lowest BCUT2D eigenvalue weighted by Gasteiger charge is -2.34. The number of nitrogens with zero attached hydrogens (tertiary/aromatic N) is 2. The Kier molecular flexibility index (Phi) is 7.78. The summed E-state index contributed by atoms with van der Waals surface area (Å²) in [6.45, 7) is 8.93. The molecule has 8 aromatic carbocycles. The standard InChI is InChI=1S/C52H36N2O/c1-35(34-51-36(2)43-18-10-12-23-50(43)55-51)53(41-28-24-38(25-29-41)37-14-5-3-6-15-37)42-30-26-39(27-31-42)44-32-33-47-45-19-9-11-21-48(45)54(40-16-7-4-8-17-40)49-22-13-20-46(44)52(47)49/h3-34H,1-2H2/b51-34+. The van der Waals surface area contributed by atoms with E-state index in [0.717, 1.165) is 50.1 Å². The summed E-state index contributed by atoms with van der Waals surface area (Å²) in [6.07, 6.45) is 1.99. The van der Waals surface area contributed by atoms with E-state index in [1.165, 1.54) is 44.4 Å². The molecule has 55 heavy (non-hydrogen) atoms. The third kappa shape index (κ3) is 5.53. The van der Waals surface area contributed by atoms with Crippen LogP contribution in [0.4, 0.5) is 28.4 Å². The first-order chi connectivity index (χ1) is 27.1. The molecule has 260 valence electrons. The van der Waals surface area contributed by atoms with Crippen molar-refractivity contribution in [2.75, 3.05) is 9.80 Å². The van der Waals surface area contributed by atoms with Gasteiger partial charge in [-0.2, -0.15) is 0 Å². The molecule has 1 aliphatic rings. The van der Waals surface area contributed by atoms with Crippen LogP contribution in [0.15, 0.2) is 205 Å². The normalized spacial score (nSPS) is 12.2. The molecule has 2 heterocycles. The summed E-state index contributed by atoms with van der Waals surface area (Å²) in [5.74, 6) is 0. The van der Waals surface area contributed by atoms with Crippen molar-refractivity contribution < 1.29 is 4.42 Å². The predicted octanol–water partition coefficient (Wildman–Crippen LogP) is 12.9. The Hall–Kier alpha value is -7.36. The fourth-order valence-corrected chi connectivity index (χ4v) is 8.09. The Morgan fingerprint density at radius 1 is 0.491 bits per heavy atom. The maximum Gasteiger partial charge on any atom is 0.136 e. The monoisotopic (exact) mass is 704 g/mol. The highest BCUT2D eigenvalue weighted by Gasteiger charge is 2.26. The fraction of sp³-hybridized carbons (Fsp3) is 0. The molecule has 0 N–H and O–H groups in total. The minimum Gasteiger partial charge on any atom is -0.456 e. The number of rotatable bonds is 7. The Morgan fingerprint density at radius 3 is 1.82 bits per heavy atom.